The molecule has 1 unspecified atom stereocenters. The summed E-state index contributed by atoms with van der Waals surface area (Å²) in [4.78, 5) is 19.7. The van der Waals surface area contributed by atoms with Crippen molar-refractivity contribution in [3.05, 3.63) is 44.9 Å². The Kier molecular flexibility index (Phi) is 4.50. The molecule has 1 aliphatic heterocycles. The predicted molar refractivity (Wildman–Crippen MR) is 121 cm³/mol. The summed E-state index contributed by atoms with van der Waals surface area (Å²) in [5, 5.41) is 4.02. The Bertz CT molecular complexity index is 935. The van der Waals surface area contributed by atoms with Crippen molar-refractivity contribution in [3.8, 4) is 0 Å². The van der Waals surface area contributed by atoms with Crippen molar-refractivity contribution in [2.75, 3.05) is 10.7 Å². The highest BCUT2D eigenvalue weighted by Gasteiger charge is 2.53. The highest BCUT2D eigenvalue weighted by Crippen LogP contribution is 2.61. The summed E-state index contributed by atoms with van der Waals surface area (Å²) in [6, 6.07) is 5.52. The Hall–Kier alpha value is -0.750. The van der Waals surface area contributed by atoms with Gasteiger partial charge in [-0.15, -0.1) is 23.1 Å². The topological polar surface area (TPSA) is 33.2 Å². The molecule has 0 N–H and O–H groups in total. The number of thioether (sulfide) groups is 1. The largest absolute Gasteiger partial charge is 0.273 e. The lowest BCUT2D eigenvalue weighted by molar-refractivity contribution is -0.115. The van der Waals surface area contributed by atoms with Crippen LogP contribution in [0.25, 0.3) is 0 Å². The fourth-order valence-electron chi connectivity index (χ4n) is 6.63. The third-order valence-electron chi connectivity index (χ3n) is 7.39. The van der Waals surface area contributed by atoms with Gasteiger partial charge in [-0.3, -0.25) is 9.69 Å². The minimum atomic E-state index is -0.209. The molecule has 2 aromatic rings. The maximum atomic E-state index is 12.8. The smallest absolute Gasteiger partial charge is 0.240 e. The van der Waals surface area contributed by atoms with Gasteiger partial charge < -0.3 is 0 Å². The van der Waals surface area contributed by atoms with E-state index in [4.69, 9.17) is 28.2 Å². The second kappa shape index (κ2) is 6.88. The van der Waals surface area contributed by atoms with E-state index in [2.05, 4.69) is 5.38 Å². The van der Waals surface area contributed by atoms with Gasteiger partial charge in [0, 0.05) is 26.4 Å². The van der Waals surface area contributed by atoms with Crippen LogP contribution in [0.5, 0.6) is 0 Å². The van der Waals surface area contributed by atoms with E-state index in [-0.39, 0.29) is 16.7 Å². The number of benzene rings is 1. The van der Waals surface area contributed by atoms with E-state index in [0.717, 1.165) is 28.4 Å². The molecule has 5 fully saturated rings. The molecule has 0 radical (unpaired) electrons. The van der Waals surface area contributed by atoms with Crippen molar-refractivity contribution in [2.24, 2.45) is 17.8 Å². The van der Waals surface area contributed by atoms with Crippen LogP contribution in [0, 0.1) is 17.8 Å². The Morgan fingerprint density at radius 1 is 1.03 bits per heavy atom. The first-order chi connectivity index (χ1) is 14.0. The number of hydrogen-bond acceptors (Lipinski definition) is 4. The lowest BCUT2D eigenvalue weighted by Crippen LogP contribution is -2.48. The van der Waals surface area contributed by atoms with Gasteiger partial charge >= 0.3 is 0 Å². The third-order valence-corrected chi connectivity index (χ3v) is 10.1. The molecular weight excluding hydrogens is 443 g/mol. The van der Waals surface area contributed by atoms with E-state index in [1.807, 2.05) is 23.1 Å². The van der Waals surface area contributed by atoms with E-state index >= 15 is 0 Å². The van der Waals surface area contributed by atoms with Crippen molar-refractivity contribution in [1.29, 1.82) is 0 Å². The summed E-state index contributed by atoms with van der Waals surface area (Å²) < 4.78 is 0. The number of nitrogens with zero attached hydrogens (tertiary/aromatic N) is 2. The second-order valence-electron chi connectivity index (χ2n) is 9.28. The molecule has 152 valence electrons. The van der Waals surface area contributed by atoms with Gasteiger partial charge in [0.15, 0.2) is 5.13 Å². The average Bonchev–Trinajstić information content (AvgIpc) is 3.28. The van der Waals surface area contributed by atoms with Gasteiger partial charge in [0.05, 0.1) is 11.4 Å². The molecule has 5 aliphatic rings. The van der Waals surface area contributed by atoms with E-state index < -0.39 is 0 Å². The highest BCUT2D eigenvalue weighted by atomic mass is 35.5. The van der Waals surface area contributed by atoms with Gasteiger partial charge in [0.25, 0.3) is 0 Å². The lowest BCUT2D eigenvalue weighted by atomic mass is 9.49. The second-order valence-corrected chi connectivity index (χ2v) is 12.0. The van der Waals surface area contributed by atoms with Crippen molar-refractivity contribution in [3.63, 3.8) is 0 Å². The van der Waals surface area contributed by atoms with Crippen LogP contribution in [-0.4, -0.2) is 16.6 Å². The number of carbonyl (C=O) groups is 1. The number of rotatable bonds is 3. The fourth-order valence-corrected chi connectivity index (χ4v) is 9.65. The average molecular weight is 465 g/mol. The summed E-state index contributed by atoms with van der Waals surface area (Å²) in [6.07, 6.45) is 8.11. The molecule has 0 spiro atoms. The third kappa shape index (κ3) is 2.99. The number of halogens is 2. The van der Waals surface area contributed by atoms with Crippen molar-refractivity contribution < 1.29 is 4.79 Å². The first-order valence-electron chi connectivity index (χ1n) is 10.4. The predicted octanol–water partition coefficient (Wildman–Crippen LogP) is 6.70. The Morgan fingerprint density at radius 3 is 2.28 bits per heavy atom. The molecule has 4 aliphatic carbocycles. The minimum absolute atomic E-state index is 0.0856. The standard InChI is InChI=1S/C22H22Cl2N2OS2/c23-15-2-1-3-16(24)19(15)20-26(18(27)11-28-20)21-25-17(10-29-21)22-7-12-4-13(8-22)6-14(5-12)9-22/h1-3,10,12-14,20H,4-9,11H2. The molecule has 4 bridgehead atoms. The summed E-state index contributed by atoms with van der Waals surface area (Å²) in [5.41, 5.74) is 2.29. The van der Waals surface area contributed by atoms with Crippen LogP contribution in [0.1, 0.15) is 55.2 Å². The molecule has 1 saturated heterocycles. The summed E-state index contributed by atoms with van der Waals surface area (Å²) in [5.74, 6) is 3.15. The highest BCUT2D eigenvalue weighted by molar-refractivity contribution is 8.00. The zero-order valence-corrected chi connectivity index (χ0v) is 19.1. The Morgan fingerprint density at radius 2 is 1.66 bits per heavy atom. The van der Waals surface area contributed by atoms with Crippen molar-refractivity contribution in [2.45, 2.75) is 49.3 Å². The van der Waals surface area contributed by atoms with Crippen molar-refractivity contribution >= 4 is 57.3 Å². The van der Waals surface area contributed by atoms with Crippen LogP contribution in [0.3, 0.4) is 0 Å². The van der Waals surface area contributed by atoms with E-state index in [1.165, 1.54) is 44.2 Å². The van der Waals surface area contributed by atoms with Crippen LogP contribution in [-0.2, 0) is 10.2 Å². The fraction of sp³-hybridized carbons (Fsp3) is 0.545. The van der Waals surface area contributed by atoms with Crippen molar-refractivity contribution in [1.82, 2.24) is 4.98 Å². The molecule has 29 heavy (non-hydrogen) atoms. The van der Waals surface area contributed by atoms with E-state index in [9.17, 15) is 4.79 Å². The molecule has 7 rings (SSSR count). The molecule has 1 amide bonds. The first-order valence-corrected chi connectivity index (χ1v) is 13.0. The van der Waals surface area contributed by atoms with Gasteiger partial charge in [-0.05, 0) is 68.4 Å². The minimum Gasteiger partial charge on any atom is -0.273 e. The number of amides is 1. The SMILES string of the molecule is O=C1CSC(c2c(Cl)cccc2Cl)N1c1nc(C23CC4CC(CC(C4)C2)C3)cs1. The molecule has 2 heterocycles. The molecule has 1 atom stereocenters. The molecule has 1 aromatic heterocycles. The van der Waals surface area contributed by atoms with Gasteiger partial charge in [0.1, 0.15) is 5.37 Å². The van der Waals surface area contributed by atoms with Crippen LogP contribution < -0.4 is 4.90 Å². The van der Waals surface area contributed by atoms with Gasteiger partial charge in [0.2, 0.25) is 5.91 Å². The summed E-state index contributed by atoms with van der Waals surface area (Å²) in [6.45, 7) is 0. The van der Waals surface area contributed by atoms with E-state index in [0.29, 0.717) is 15.8 Å². The first kappa shape index (κ1) is 19.0. The Balaban J connectivity index is 1.36. The number of hydrogen-bond donors (Lipinski definition) is 0. The molecule has 7 heteroatoms. The van der Waals surface area contributed by atoms with Crippen LogP contribution in [0.4, 0.5) is 5.13 Å². The van der Waals surface area contributed by atoms with Gasteiger partial charge in [-0.1, -0.05) is 29.3 Å². The van der Waals surface area contributed by atoms with Crippen LogP contribution >= 0.6 is 46.3 Å². The van der Waals surface area contributed by atoms with Crippen LogP contribution in [0.2, 0.25) is 10.0 Å². The Labute approximate surface area is 189 Å². The summed E-state index contributed by atoms with van der Waals surface area (Å²) in [7, 11) is 0. The zero-order chi connectivity index (χ0) is 19.8. The molecule has 4 saturated carbocycles. The molecule has 3 nitrogen and oxygen atoms in total. The quantitative estimate of drug-likeness (QED) is 0.506. The maximum Gasteiger partial charge on any atom is 0.240 e. The summed E-state index contributed by atoms with van der Waals surface area (Å²) >= 11 is 16.1. The zero-order valence-electron chi connectivity index (χ0n) is 15.9. The number of aromatic nitrogens is 1. The van der Waals surface area contributed by atoms with Gasteiger partial charge in [-0.2, -0.15) is 0 Å². The lowest BCUT2D eigenvalue weighted by Gasteiger charge is -2.56. The normalized spacial score (nSPS) is 35.7. The maximum absolute atomic E-state index is 12.8. The van der Waals surface area contributed by atoms with Gasteiger partial charge in [-0.25, -0.2) is 4.98 Å². The number of carbonyl (C=O) groups excluding carboxylic acids is 1. The molecular formula is C22H22Cl2N2OS2. The number of thiazole rings is 1. The monoisotopic (exact) mass is 464 g/mol. The van der Waals surface area contributed by atoms with Crippen LogP contribution in [0.15, 0.2) is 23.6 Å². The van der Waals surface area contributed by atoms with E-state index in [1.54, 1.807) is 23.1 Å². The molecule has 1 aromatic carbocycles. The number of anilines is 1.